The van der Waals surface area contributed by atoms with E-state index in [0.29, 0.717) is 24.2 Å². The van der Waals surface area contributed by atoms with Gasteiger partial charge in [0.05, 0.1) is 24.8 Å². The number of nitrogens with zero attached hydrogens (tertiary/aromatic N) is 1. The maximum absolute atomic E-state index is 13.9. The lowest BCUT2D eigenvalue weighted by Gasteiger charge is -2.35. The molecule has 1 aromatic carbocycles. The van der Waals surface area contributed by atoms with E-state index in [0.717, 1.165) is 5.56 Å². The van der Waals surface area contributed by atoms with Crippen LogP contribution in [0.25, 0.3) is 0 Å². The van der Waals surface area contributed by atoms with Crippen molar-refractivity contribution in [3.8, 4) is 0 Å². The molecule has 2 rings (SSSR count). The molecule has 1 aliphatic rings. The maximum atomic E-state index is 13.9. The van der Waals surface area contributed by atoms with E-state index in [9.17, 15) is 39.0 Å². The Morgan fingerprint density at radius 1 is 1.00 bits per heavy atom. The first kappa shape index (κ1) is 40.3. The van der Waals surface area contributed by atoms with Crippen molar-refractivity contribution in [2.75, 3.05) is 6.61 Å². The molecule has 1 aliphatic carbocycles. The molecule has 1 aromatic rings. The van der Waals surface area contributed by atoms with E-state index in [1.807, 2.05) is 24.5 Å². The van der Waals surface area contributed by atoms with Gasteiger partial charge in [-0.25, -0.2) is 9.69 Å². The van der Waals surface area contributed by atoms with Crippen molar-refractivity contribution in [2.45, 2.75) is 116 Å². The Hall–Kier alpha value is -3.88. The maximum Gasteiger partial charge on any atom is 0.417 e. The van der Waals surface area contributed by atoms with Crippen LogP contribution in [-0.4, -0.2) is 99.6 Å². The smallest absolute Gasteiger partial charge is 0.417 e. The van der Waals surface area contributed by atoms with Crippen molar-refractivity contribution in [1.82, 2.24) is 20.9 Å². The second kappa shape index (κ2) is 18.0. The van der Waals surface area contributed by atoms with Crippen LogP contribution in [0.1, 0.15) is 73.3 Å². The van der Waals surface area contributed by atoms with Gasteiger partial charge in [-0.2, -0.15) is 0 Å². The van der Waals surface area contributed by atoms with E-state index in [1.165, 1.54) is 13.8 Å². The molecule has 48 heavy (non-hydrogen) atoms. The van der Waals surface area contributed by atoms with Crippen LogP contribution in [-0.2, 0) is 35.1 Å². The summed E-state index contributed by atoms with van der Waals surface area (Å²) in [5, 5.41) is 28.8. The Morgan fingerprint density at radius 2 is 1.62 bits per heavy atom. The summed E-state index contributed by atoms with van der Waals surface area (Å²) in [4.78, 5) is 78.3. The standard InChI is InChI=1S/C34H52N5O9/c1-19(2)27(18-41)38-30(44)24-15-11-14-23(24)28(42)26(16-22-12-9-8-10-13-22)37-29(43)21(4)39(33(47)48-34(5,6)7)32(46)20(3)36-31(45)25(35)17-40/h8-10,12-13,19-21,23-28,40,42H,11,14-17,35H2,1-7H3,(H,36,45)(H,37,43)(H,38,44)/t20-,21-,23?,24?,25-,26?,27+,28?/m0/s1. The zero-order chi connectivity index (χ0) is 36.3. The second-order valence-corrected chi connectivity index (χ2v) is 13.7. The second-order valence-electron chi connectivity index (χ2n) is 13.7. The molecule has 8 atom stereocenters. The largest absolute Gasteiger partial charge is 0.443 e. The molecule has 267 valence electrons. The summed E-state index contributed by atoms with van der Waals surface area (Å²) in [5.41, 5.74) is 5.29. The summed E-state index contributed by atoms with van der Waals surface area (Å²) < 4.78 is 5.43. The first-order chi connectivity index (χ1) is 22.4. The summed E-state index contributed by atoms with van der Waals surface area (Å²) in [7, 11) is 0. The molecule has 1 radical (unpaired) electrons. The summed E-state index contributed by atoms with van der Waals surface area (Å²) in [6, 6.07) is 3.19. The number of aliphatic hydroxyl groups excluding tert-OH is 2. The molecule has 0 aromatic heterocycles. The predicted molar refractivity (Wildman–Crippen MR) is 177 cm³/mol. The SMILES string of the molecule is CC(C)[C@@H]([C]=O)NC(=O)C1CCCC1C(O)C(Cc1ccccc1)NC(=O)[C@H](C)N(C(=O)OC(C)(C)C)C(=O)[C@H](C)NC(=O)[C@@H](N)CO. The van der Waals surface area contributed by atoms with Gasteiger partial charge in [-0.1, -0.05) is 50.6 Å². The van der Waals surface area contributed by atoms with Gasteiger partial charge in [0.15, 0.2) is 0 Å². The third-order valence-electron chi connectivity index (χ3n) is 8.33. The van der Waals surface area contributed by atoms with Crippen LogP contribution in [0, 0.1) is 17.8 Å². The molecule has 14 heteroatoms. The number of hydrogen-bond acceptors (Lipinski definition) is 10. The van der Waals surface area contributed by atoms with E-state index in [2.05, 4.69) is 16.0 Å². The molecule has 14 nitrogen and oxygen atoms in total. The third kappa shape index (κ3) is 11.4. The van der Waals surface area contributed by atoms with Crippen molar-refractivity contribution >= 4 is 36.0 Å². The Kier molecular flexibility index (Phi) is 15.1. The van der Waals surface area contributed by atoms with Crippen molar-refractivity contribution in [3.05, 3.63) is 35.9 Å². The number of nitrogens with one attached hydrogen (secondary N) is 3. The van der Waals surface area contributed by atoms with Crippen molar-refractivity contribution in [2.24, 2.45) is 23.5 Å². The van der Waals surface area contributed by atoms with E-state index in [-0.39, 0.29) is 18.2 Å². The van der Waals surface area contributed by atoms with E-state index < -0.39 is 84.2 Å². The Labute approximate surface area is 282 Å². The summed E-state index contributed by atoms with van der Waals surface area (Å²) in [6.45, 7) is 10.3. The quantitative estimate of drug-likeness (QED) is 0.153. The monoisotopic (exact) mass is 674 g/mol. The van der Waals surface area contributed by atoms with Gasteiger partial charge in [-0.05, 0) is 71.3 Å². The molecular weight excluding hydrogens is 622 g/mol. The Morgan fingerprint density at radius 3 is 2.17 bits per heavy atom. The molecule has 0 heterocycles. The molecule has 1 fully saturated rings. The number of hydrogen-bond donors (Lipinski definition) is 6. The molecule has 1 saturated carbocycles. The topological polar surface area (TPSA) is 217 Å². The Balaban J connectivity index is 2.40. The van der Waals surface area contributed by atoms with Crippen LogP contribution in [0.4, 0.5) is 4.79 Å². The zero-order valence-corrected chi connectivity index (χ0v) is 28.9. The number of nitrogens with two attached hydrogens (primary N) is 1. The first-order valence-electron chi connectivity index (χ1n) is 16.3. The van der Waals surface area contributed by atoms with Gasteiger partial charge in [0.1, 0.15) is 23.7 Å². The number of benzene rings is 1. The normalized spacial score (nSPS) is 20.0. The minimum atomic E-state index is -1.47. The lowest BCUT2D eigenvalue weighted by molar-refractivity contribution is -0.142. The number of rotatable bonds is 15. The van der Waals surface area contributed by atoms with Gasteiger partial charge >= 0.3 is 6.09 Å². The van der Waals surface area contributed by atoms with Gasteiger partial charge in [-0.15, -0.1) is 0 Å². The summed E-state index contributed by atoms with van der Waals surface area (Å²) in [5.74, 6) is -4.36. The molecule has 5 amide bonds. The molecular formula is C34H52N5O9. The van der Waals surface area contributed by atoms with Crippen molar-refractivity contribution < 1.29 is 43.7 Å². The zero-order valence-electron chi connectivity index (χ0n) is 28.9. The van der Waals surface area contributed by atoms with E-state index in [1.54, 1.807) is 46.8 Å². The first-order valence-corrected chi connectivity index (χ1v) is 16.3. The number of imide groups is 1. The highest BCUT2D eigenvalue weighted by Crippen LogP contribution is 2.36. The van der Waals surface area contributed by atoms with Gasteiger partial charge in [-0.3, -0.25) is 24.0 Å². The highest BCUT2D eigenvalue weighted by atomic mass is 16.6. The molecule has 7 N–H and O–H groups in total. The number of amides is 5. The molecule has 0 bridgehead atoms. The van der Waals surface area contributed by atoms with Gasteiger partial charge in [0.25, 0.3) is 5.91 Å². The predicted octanol–water partition coefficient (Wildman–Crippen LogP) is 0.718. The average Bonchev–Trinajstić information content (AvgIpc) is 3.52. The fourth-order valence-electron chi connectivity index (χ4n) is 5.58. The van der Waals surface area contributed by atoms with Crippen LogP contribution < -0.4 is 21.7 Å². The third-order valence-corrected chi connectivity index (χ3v) is 8.33. The Bertz CT molecular complexity index is 1270. The summed E-state index contributed by atoms with van der Waals surface area (Å²) >= 11 is 0. The van der Waals surface area contributed by atoms with Crippen LogP contribution in [0.2, 0.25) is 0 Å². The number of ether oxygens (including phenoxy) is 1. The highest BCUT2D eigenvalue weighted by molar-refractivity contribution is 6.01. The molecule has 4 unspecified atom stereocenters. The minimum Gasteiger partial charge on any atom is -0.443 e. The molecule has 0 aliphatic heterocycles. The van der Waals surface area contributed by atoms with Crippen LogP contribution in [0.3, 0.4) is 0 Å². The lowest BCUT2D eigenvalue weighted by atomic mass is 9.84. The number of aliphatic hydroxyl groups is 2. The minimum absolute atomic E-state index is 0.161. The van der Waals surface area contributed by atoms with Gasteiger partial charge < -0.3 is 36.6 Å². The molecule has 0 spiro atoms. The summed E-state index contributed by atoms with van der Waals surface area (Å²) in [6.07, 6.45) is 1.26. The van der Waals surface area contributed by atoms with E-state index in [4.69, 9.17) is 10.5 Å². The van der Waals surface area contributed by atoms with Gasteiger partial charge in [0.2, 0.25) is 24.0 Å². The highest BCUT2D eigenvalue weighted by Gasteiger charge is 2.43. The average molecular weight is 675 g/mol. The fourth-order valence-corrected chi connectivity index (χ4v) is 5.58. The lowest BCUT2D eigenvalue weighted by Crippen LogP contribution is -2.60. The number of carbonyl (C=O) groups excluding carboxylic acids is 6. The number of carbonyl (C=O) groups is 5. The van der Waals surface area contributed by atoms with E-state index >= 15 is 0 Å². The van der Waals surface area contributed by atoms with Crippen LogP contribution in [0.5, 0.6) is 0 Å². The van der Waals surface area contributed by atoms with Crippen LogP contribution in [0.15, 0.2) is 30.3 Å². The van der Waals surface area contributed by atoms with Crippen molar-refractivity contribution in [3.63, 3.8) is 0 Å². The fraction of sp³-hybridized carbons (Fsp3) is 0.647. The van der Waals surface area contributed by atoms with Crippen molar-refractivity contribution in [1.29, 1.82) is 0 Å². The van der Waals surface area contributed by atoms with Crippen LogP contribution >= 0.6 is 0 Å². The van der Waals surface area contributed by atoms with Gasteiger partial charge in [0, 0.05) is 5.92 Å². The molecule has 0 saturated heterocycles.